The SMILES string of the molecule is CCCCN(C)CC1CCN(C(=O)NC2CCn3ccnc32)CC1. The van der Waals surface area contributed by atoms with Gasteiger partial charge in [-0.15, -0.1) is 0 Å². The number of likely N-dealkylation sites (tertiary alicyclic amines) is 1. The maximum absolute atomic E-state index is 12.5. The Morgan fingerprint density at radius 3 is 2.88 bits per heavy atom. The third-order valence-electron chi connectivity index (χ3n) is 5.38. The predicted octanol–water partition coefficient (Wildman–Crippen LogP) is 2.48. The number of aromatic nitrogens is 2. The van der Waals surface area contributed by atoms with Crippen molar-refractivity contribution in [3.63, 3.8) is 0 Å². The molecule has 3 heterocycles. The first-order chi connectivity index (χ1) is 11.7. The molecule has 1 fully saturated rings. The first kappa shape index (κ1) is 17.3. The van der Waals surface area contributed by atoms with Crippen molar-refractivity contribution in [1.29, 1.82) is 0 Å². The largest absolute Gasteiger partial charge is 0.333 e. The highest BCUT2D eigenvalue weighted by atomic mass is 16.2. The monoisotopic (exact) mass is 333 g/mol. The number of piperidine rings is 1. The summed E-state index contributed by atoms with van der Waals surface area (Å²) in [6.07, 6.45) is 9.51. The molecule has 6 nitrogen and oxygen atoms in total. The number of nitrogens with one attached hydrogen (secondary N) is 1. The van der Waals surface area contributed by atoms with Gasteiger partial charge in [0.15, 0.2) is 0 Å². The second-order valence-electron chi connectivity index (χ2n) is 7.32. The maximum Gasteiger partial charge on any atom is 0.317 e. The molecule has 1 aromatic rings. The van der Waals surface area contributed by atoms with Gasteiger partial charge in [0.1, 0.15) is 5.82 Å². The normalized spacial score (nSPS) is 21.3. The van der Waals surface area contributed by atoms with E-state index in [1.54, 1.807) is 0 Å². The van der Waals surface area contributed by atoms with Crippen molar-refractivity contribution < 1.29 is 4.79 Å². The Labute approximate surface area is 145 Å². The van der Waals surface area contributed by atoms with Crippen molar-refractivity contribution >= 4 is 6.03 Å². The van der Waals surface area contributed by atoms with Crippen molar-refractivity contribution in [2.45, 2.75) is 51.6 Å². The quantitative estimate of drug-likeness (QED) is 0.870. The highest BCUT2D eigenvalue weighted by Crippen LogP contribution is 2.24. The molecule has 1 aromatic heterocycles. The molecule has 0 saturated carbocycles. The number of hydrogen-bond donors (Lipinski definition) is 1. The third kappa shape index (κ3) is 4.09. The van der Waals surface area contributed by atoms with Crippen LogP contribution in [0.15, 0.2) is 12.4 Å². The molecular weight excluding hydrogens is 302 g/mol. The molecule has 0 spiro atoms. The average Bonchev–Trinajstić information content (AvgIpc) is 3.18. The van der Waals surface area contributed by atoms with E-state index in [0.717, 1.165) is 57.2 Å². The van der Waals surface area contributed by atoms with Crippen molar-refractivity contribution in [3.8, 4) is 0 Å². The van der Waals surface area contributed by atoms with Gasteiger partial charge in [0.2, 0.25) is 0 Å². The van der Waals surface area contributed by atoms with E-state index < -0.39 is 0 Å². The Morgan fingerprint density at radius 1 is 1.33 bits per heavy atom. The number of fused-ring (bicyclic) bond motifs is 1. The summed E-state index contributed by atoms with van der Waals surface area (Å²) in [7, 11) is 2.22. The number of hydrogen-bond acceptors (Lipinski definition) is 3. The number of nitrogens with zero attached hydrogens (tertiary/aromatic N) is 4. The minimum absolute atomic E-state index is 0.0744. The molecule has 2 aliphatic rings. The Bertz CT molecular complexity index is 535. The predicted molar refractivity (Wildman–Crippen MR) is 94.8 cm³/mol. The fourth-order valence-corrected chi connectivity index (χ4v) is 3.87. The van der Waals surface area contributed by atoms with Gasteiger partial charge in [-0.05, 0) is 45.2 Å². The van der Waals surface area contributed by atoms with E-state index in [1.807, 2.05) is 17.3 Å². The maximum atomic E-state index is 12.5. The third-order valence-corrected chi connectivity index (χ3v) is 5.38. The lowest BCUT2D eigenvalue weighted by Gasteiger charge is -2.34. The van der Waals surface area contributed by atoms with Crippen LogP contribution in [0.5, 0.6) is 0 Å². The molecule has 0 aliphatic carbocycles. The molecule has 134 valence electrons. The summed E-state index contributed by atoms with van der Waals surface area (Å²) < 4.78 is 2.13. The zero-order chi connectivity index (χ0) is 16.9. The lowest BCUT2D eigenvalue weighted by molar-refractivity contribution is 0.151. The number of rotatable bonds is 6. The molecule has 0 bridgehead atoms. The molecule has 2 aliphatic heterocycles. The van der Waals surface area contributed by atoms with Gasteiger partial charge in [0.05, 0.1) is 6.04 Å². The smallest absolute Gasteiger partial charge is 0.317 e. The number of unbranched alkanes of at least 4 members (excludes halogenated alkanes) is 1. The average molecular weight is 333 g/mol. The summed E-state index contributed by atoms with van der Waals surface area (Å²) in [6.45, 7) is 7.29. The van der Waals surface area contributed by atoms with Crippen LogP contribution in [0.3, 0.4) is 0 Å². The molecule has 1 atom stereocenters. The van der Waals surface area contributed by atoms with Crippen molar-refractivity contribution in [2.24, 2.45) is 5.92 Å². The van der Waals surface area contributed by atoms with E-state index in [2.05, 4.69) is 33.7 Å². The summed E-state index contributed by atoms with van der Waals surface area (Å²) in [5.41, 5.74) is 0. The molecule has 0 aromatic carbocycles. The first-order valence-electron chi connectivity index (χ1n) is 9.42. The fraction of sp³-hybridized carbons (Fsp3) is 0.778. The van der Waals surface area contributed by atoms with Crippen LogP contribution in [0.1, 0.15) is 50.9 Å². The van der Waals surface area contributed by atoms with Gasteiger partial charge in [-0.3, -0.25) is 0 Å². The molecule has 1 saturated heterocycles. The van der Waals surface area contributed by atoms with Gasteiger partial charge in [0.25, 0.3) is 0 Å². The van der Waals surface area contributed by atoms with Gasteiger partial charge in [-0.2, -0.15) is 0 Å². The van der Waals surface area contributed by atoms with Crippen LogP contribution in [0.4, 0.5) is 4.79 Å². The number of amides is 2. The highest BCUT2D eigenvalue weighted by molar-refractivity contribution is 5.74. The summed E-state index contributed by atoms with van der Waals surface area (Å²) >= 11 is 0. The van der Waals surface area contributed by atoms with Crippen LogP contribution >= 0.6 is 0 Å². The van der Waals surface area contributed by atoms with Crippen molar-refractivity contribution in [3.05, 3.63) is 18.2 Å². The fourth-order valence-electron chi connectivity index (χ4n) is 3.87. The molecule has 3 rings (SSSR count). The Hall–Kier alpha value is -1.56. The van der Waals surface area contributed by atoms with Crippen LogP contribution in [0.2, 0.25) is 0 Å². The highest BCUT2D eigenvalue weighted by Gasteiger charge is 2.29. The van der Waals surface area contributed by atoms with E-state index in [-0.39, 0.29) is 12.1 Å². The number of aryl methyl sites for hydroxylation is 1. The van der Waals surface area contributed by atoms with Crippen LogP contribution in [0.25, 0.3) is 0 Å². The summed E-state index contributed by atoms with van der Waals surface area (Å²) in [5, 5.41) is 3.17. The molecule has 1 unspecified atom stereocenters. The minimum atomic E-state index is 0.0744. The van der Waals surface area contributed by atoms with E-state index in [0.29, 0.717) is 0 Å². The van der Waals surface area contributed by atoms with Crippen molar-refractivity contribution in [1.82, 2.24) is 24.7 Å². The van der Waals surface area contributed by atoms with E-state index >= 15 is 0 Å². The summed E-state index contributed by atoms with van der Waals surface area (Å²) in [4.78, 5) is 21.3. The Balaban J connectivity index is 1.41. The van der Waals surface area contributed by atoms with E-state index in [9.17, 15) is 4.79 Å². The Morgan fingerprint density at radius 2 is 2.12 bits per heavy atom. The number of imidazole rings is 1. The topological polar surface area (TPSA) is 53.4 Å². The summed E-state index contributed by atoms with van der Waals surface area (Å²) in [6, 6.07) is 0.152. The van der Waals surface area contributed by atoms with Crippen molar-refractivity contribution in [2.75, 3.05) is 33.2 Å². The molecule has 24 heavy (non-hydrogen) atoms. The second kappa shape index (κ2) is 8.01. The zero-order valence-electron chi connectivity index (χ0n) is 15.1. The molecule has 2 amide bonds. The van der Waals surface area contributed by atoms with Gasteiger partial charge < -0.3 is 19.7 Å². The first-order valence-corrected chi connectivity index (χ1v) is 9.42. The zero-order valence-corrected chi connectivity index (χ0v) is 15.1. The number of carbonyl (C=O) groups is 1. The lowest BCUT2D eigenvalue weighted by Crippen LogP contribution is -2.46. The molecule has 1 N–H and O–H groups in total. The number of urea groups is 1. The molecular formula is C18H31N5O. The van der Waals surface area contributed by atoms with E-state index in [4.69, 9.17) is 0 Å². The van der Waals surface area contributed by atoms with E-state index in [1.165, 1.54) is 19.4 Å². The van der Waals surface area contributed by atoms with Gasteiger partial charge in [-0.25, -0.2) is 9.78 Å². The van der Waals surface area contributed by atoms with Gasteiger partial charge in [-0.1, -0.05) is 13.3 Å². The standard InChI is InChI=1S/C18H31N5O/c1-3-4-9-21(2)14-15-5-10-23(11-6-15)18(24)20-16-7-12-22-13-8-19-17(16)22/h8,13,15-16H,3-7,9-12,14H2,1-2H3,(H,20,24). The van der Waals surface area contributed by atoms with Gasteiger partial charge in [0, 0.05) is 38.6 Å². The van der Waals surface area contributed by atoms with Gasteiger partial charge >= 0.3 is 6.03 Å². The molecule has 6 heteroatoms. The van der Waals surface area contributed by atoms with Crippen LogP contribution in [-0.4, -0.2) is 58.6 Å². The summed E-state index contributed by atoms with van der Waals surface area (Å²) in [5.74, 6) is 1.72. The van der Waals surface area contributed by atoms with Crippen LogP contribution in [0, 0.1) is 5.92 Å². The Kier molecular flexibility index (Phi) is 5.76. The molecule has 0 radical (unpaired) electrons. The van der Waals surface area contributed by atoms with Crippen LogP contribution in [-0.2, 0) is 6.54 Å². The minimum Gasteiger partial charge on any atom is -0.333 e. The lowest BCUT2D eigenvalue weighted by atomic mass is 9.96. The number of carbonyl (C=O) groups excluding carboxylic acids is 1. The second-order valence-corrected chi connectivity index (χ2v) is 7.32. The van der Waals surface area contributed by atoms with Crippen LogP contribution < -0.4 is 5.32 Å².